The van der Waals surface area contributed by atoms with Gasteiger partial charge in [0.2, 0.25) is 0 Å². The molecule has 11 heteroatoms. The van der Waals surface area contributed by atoms with Crippen molar-refractivity contribution in [3.8, 4) is 46.0 Å². The fourth-order valence-corrected chi connectivity index (χ4v) is 7.98. The van der Waals surface area contributed by atoms with Crippen molar-refractivity contribution in [2.45, 2.75) is 105 Å². The maximum absolute atomic E-state index is 12.4. The minimum Gasteiger partial charge on any atom is -0.508 e. The molecule has 0 aliphatic heterocycles. The number of halogens is 3. The van der Waals surface area contributed by atoms with Gasteiger partial charge in [0.1, 0.15) is 34.5 Å². The summed E-state index contributed by atoms with van der Waals surface area (Å²) in [6.07, 6.45) is -4.24. The standard InChI is InChI=1S/2C20H18O3.C11H13F3.C9H12O2.2C2H6/c2*1-20(14-2-8-17(21)9-3-14,15-4-10-18(22)11-5-15)16-6-12-19(23)13-7-16;1-7(2)9-4-8(3)5-10(6-9)11(12,13)14;1-6(2)7-3-4-8(10)9(11)5-7;2*1-2/h2*2-13,21-23H,1H3;4-7H,1-3H3;3-6,10-11H,1-2H3;2*1-2H3. The first kappa shape index (κ1) is 61.3. The lowest BCUT2D eigenvalue weighted by atomic mass is 9.71. The first-order valence-corrected chi connectivity index (χ1v) is 24.9. The third-order valence-electron chi connectivity index (χ3n) is 12.4. The number of hydrogen-bond acceptors (Lipinski definition) is 8. The Morgan fingerprint density at radius 2 is 0.560 bits per heavy atom. The van der Waals surface area contributed by atoms with Crippen molar-refractivity contribution in [1.82, 2.24) is 0 Å². The third-order valence-corrected chi connectivity index (χ3v) is 12.4. The van der Waals surface area contributed by atoms with Crippen molar-refractivity contribution in [3.05, 3.63) is 238 Å². The molecule has 0 aromatic heterocycles. The third kappa shape index (κ3) is 16.7. The number of phenols is 8. The maximum atomic E-state index is 12.4. The molecule has 75 heavy (non-hydrogen) atoms. The predicted octanol–water partition coefficient (Wildman–Crippen LogP) is 16.7. The summed E-state index contributed by atoms with van der Waals surface area (Å²) in [5, 5.41) is 75.5. The van der Waals surface area contributed by atoms with Crippen molar-refractivity contribution in [2.24, 2.45) is 0 Å². The average Bonchev–Trinajstić information content (AvgIpc) is 3.39. The number of benzene rings is 8. The molecule has 0 saturated carbocycles. The van der Waals surface area contributed by atoms with E-state index >= 15 is 0 Å². The van der Waals surface area contributed by atoms with Crippen LogP contribution in [0.4, 0.5) is 13.2 Å². The van der Waals surface area contributed by atoms with Gasteiger partial charge in [0.15, 0.2) is 11.5 Å². The Morgan fingerprint density at radius 1 is 0.307 bits per heavy atom. The van der Waals surface area contributed by atoms with Crippen molar-refractivity contribution >= 4 is 0 Å². The zero-order valence-corrected chi connectivity index (χ0v) is 44.7. The molecule has 0 aliphatic carbocycles. The quantitative estimate of drug-likeness (QED) is 0.0551. The Bertz CT molecular complexity index is 2570. The summed E-state index contributed by atoms with van der Waals surface area (Å²) >= 11 is 0. The average molecular weight is 1030 g/mol. The van der Waals surface area contributed by atoms with Gasteiger partial charge in [-0.25, -0.2) is 0 Å². The van der Waals surface area contributed by atoms with Gasteiger partial charge in [-0.2, -0.15) is 13.2 Å². The minimum absolute atomic E-state index is 0.0452. The molecular weight excluding hydrogens is 954 g/mol. The van der Waals surface area contributed by atoms with Crippen LogP contribution in [-0.2, 0) is 17.0 Å². The van der Waals surface area contributed by atoms with Gasteiger partial charge in [0, 0.05) is 10.8 Å². The van der Waals surface area contributed by atoms with Crippen molar-refractivity contribution in [2.75, 3.05) is 0 Å². The summed E-state index contributed by atoms with van der Waals surface area (Å²) in [7, 11) is 0. The monoisotopic (exact) mass is 1030 g/mol. The van der Waals surface area contributed by atoms with Crippen LogP contribution in [0.2, 0.25) is 0 Å². The molecule has 398 valence electrons. The molecule has 0 amide bonds. The van der Waals surface area contributed by atoms with E-state index < -0.39 is 22.6 Å². The fourth-order valence-electron chi connectivity index (χ4n) is 7.98. The van der Waals surface area contributed by atoms with Crippen LogP contribution in [0.25, 0.3) is 0 Å². The highest BCUT2D eigenvalue weighted by atomic mass is 19.4. The fraction of sp³-hybridized carbons (Fsp3) is 0.250. The van der Waals surface area contributed by atoms with Gasteiger partial charge in [-0.15, -0.1) is 0 Å². The Labute approximate surface area is 441 Å². The van der Waals surface area contributed by atoms with Crippen LogP contribution in [-0.4, -0.2) is 40.9 Å². The molecule has 0 atom stereocenters. The number of hydrogen-bond donors (Lipinski definition) is 8. The van der Waals surface area contributed by atoms with Crippen molar-refractivity contribution in [1.29, 1.82) is 0 Å². The summed E-state index contributed by atoms with van der Waals surface area (Å²) in [5.41, 5.74) is 6.95. The molecule has 0 radical (unpaired) electrons. The summed E-state index contributed by atoms with van der Waals surface area (Å²) < 4.78 is 37.2. The van der Waals surface area contributed by atoms with Crippen LogP contribution in [0, 0.1) is 6.92 Å². The highest BCUT2D eigenvalue weighted by molar-refractivity contribution is 5.53. The molecule has 8 aromatic carbocycles. The van der Waals surface area contributed by atoms with Crippen LogP contribution in [0.5, 0.6) is 46.0 Å². The SMILES string of the molecule is CC.CC.CC(C)c1ccc(O)c(O)c1.CC(c1ccc(O)cc1)(c1ccc(O)cc1)c1ccc(O)cc1.CC(c1ccc(O)cc1)(c1ccc(O)cc1)c1ccc(O)cc1.Cc1cc(C(C)C)cc(C(F)(F)F)c1. The van der Waals surface area contributed by atoms with Crippen LogP contribution in [0.3, 0.4) is 0 Å². The van der Waals surface area contributed by atoms with Gasteiger partial charge >= 0.3 is 6.18 Å². The van der Waals surface area contributed by atoms with Crippen LogP contribution < -0.4 is 0 Å². The number of phenolic OH excluding ortho intramolecular Hbond substituents is 8. The molecule has 0 saturated heterocycles. The Balaban J connectivity index is 0.000000268. The van der Waals surface area contributed by atoms with Gasteiger partial charge in [-0.3, -0.25) is 0 Å². The lowest BCUT2D eigenvalue weighted by Gasteiger charge is -2.32. The Morgan fingerprint density at radius 3 is 0.773 bits per heavy atom. The van der Waals surface area contributed by atoms with E-state index in [1.54, 1.807) is 97.9 Å². The van der Waals surface area contributed by atoms with Gasteiger partial charge in [-0.05, 0) is 174 Å². The number of aromatic hydroxyl groups is 8. The van der Waals surface area contributed by atoms with Gasteiger partial charge in [-0.1, -0.05) is 146 Å². The molecule has 0 bridgehead atoms. The lowest BCUT2D eigenvalue weighted by molar-refractivity contribution is -0.137. The summed E-state index contributed by atoms with van der Waals surface area (Å²) in [6.45, 7) is 21.7. The summed E-state index contributed by atoms with van der Waals surface area (Å²) in [4.78, 5) is 0. The van der Waals surface area contributed by atoms with E-state index in [0.717, 1.165) is 44.5 Å². The first-order chi connectivity index (χ1) is 35.4. The van der Waals surface area contributed by atoms with E-state index in [2.05, 4.69) is 13.8 Å². The molecule has 8 nitrogen and oxygen atoms in total. The molecule has 8 N–H and O–H groups in total. The molecule has 0 unspecified atom stereocenters. The predicted molar refractivity (Wildman–Crippen MR) is 297 cm³/mol. The molecule has 8 rings (SSSR count). The number of alkyl halides is 3. The molecule has 0 heterocycles. The lowest BCUT2D eigenvalue weighted by Crippen LogP contribution is -2.25. The highest BCUT2D eigenvalue weighted by Gasteiger charge is 2.33. The molecule has 8 aromatic rings. The zero-order valence-electron chi connectivity index (χ0n) is 44.7. The van der Waals surface area contributed by atoms with E-state index in [1.165, 1.54) is 18.2 Å². The van der Waals surface area contributed by atoms with Crippen LogP contribution >= 0.6 is 0 Å². The number of rotatable bonds is 8. The van der Waals surface area contributed by atoms with E-state index in [0.29, 0.717) is 11.5 Å². The Kier molecular flexibility index (Phi) is 22.7. The first-order valence-electron chi connectivity index (χ1n) is 24.9. The van der Waals surface area contributed by atoms with E-state index in [4.69, 9.17) is 10.2 Å². The molecular formula is C64H73F3O8. The highest BCUT2D eigenvalue weighted by Crippen LogP contribution is 2.42. The summed E-state index contributed by atoms with van der Waals surface area (Å²) in [5.74, 6) is 1.68. The van der Waals surface area contributed by atoms with Gasteiger partial charge in [0.05, 0.1) is 5.56 Å². The smallest absolute Gasteiger partial charge is 0.416 e. The van der Waals surface area contributed by atoms with E-state index in [9.17, 15) is 43.8 Å². The van der Waals surface area contributed by atoms with Crippen molar-refractivity contribution < 1.29 is 54.0 Å². The van der Waals surface area contributed by atoms with Gasteiger partial charge < -0.3 is 40.9 Å². The van der Waals surface area contributed by atoms with Crippen molar-refractivity contribution in [3.63, 3.8) is 0 Å². The molecule has 0 aliphatic rings. The Hall–Kier alpha value is -8.05. The largest absolute Gasteiger partial charge is 0.508 e. The molecule has 0 spiro atoms. The second-order valence-electron chi connectivity index (χ2n) is 18.2. The van der Waals surface area contributed by atoms with Crippen LogP contribution in [0.15, 0.2) is 182 Å². The summed E-state index contributed by atoms with van der Waals surface area (Å²) in [6, 6.07) is 51.6. The molecule has 0 fully saturated rings. The second-order valence-corrected chi connectivity index (χ2v) is 18.2. The second kappa shape index (κ2) is 27.8. The topological polar surface area (TPSA) is 162 Å². The number of aryl methyl sites for hydroxylation is 1. The maximum Gasteiger partial charge on any atom is 0.416 e. The van der Waals surface area contributed by atoms with Gasteiger partial charge in [0.25, 0.3) is 0 Å². The minimum atomic E-state index is -4.24. The normalized spacial score (nSPS) is 10.9. The van der Waals surface area contributed by atoms with E-state index in [-0.39, 0.29) is 51.9 Å². The zero-order chi connectivity index (χ0) is 56.3. The van der Waals surface area contributed by atoms with E-state index in [1.807, 2.05) is 128 Å². The van der Waals surface area contributed by atoms with Crippen LogP contribution in [0.1, 0.15) is 137 Å².